The molecule has 96 valence electrons. The Bertz CT molecular complexity index is 534. The maximum atomic E-state index is 13.2. The predicted molar refractivity (Wildman–Crippen MR) is 71.6 cm³/mol. The minimum Gasteiger partial charge on any atom is -0.310 e. The quantitative estimate of drug-likeness (QED) is 0.875. The van der Waals surface area contributed by atoms with Crippen LogP contribution in [0.2, 0.25) is 0 Å². The van der Waals surface area contributed by atoms with E-state index in [9.17, 15) is 8.78 Å². The molecule has 1 aromatic carbocycles. The molecule has 1 aromatic heterocycles. The van der Waals surface area contributed by atoms with Crippen molar-refractivity contribution in [1.82, 2.24) is 5.32 Å². The molecule has 0 aliphatic rings. The number of hydrogen-bond donors (Lipinski definition) is 1. The van der Waals surface area contributed by atoms with Gasteiger partial charge in [-0.05, 0) is 39.6 Å². The minimum absolute atomic E-state index is 0.391. The summed E-state index contributed by atoms with van der Waals surface area (Å²) in [4.78, 5) is 0. The van der Waals surface area contributed by atoms with E-state index < -0.39 is 11.6 Å². The van der Waals surface area contributed by atoms with Gasteiger partial charge < -0.3 is 5.32 Å². The van der Waals surface area contributed by atoms with Gasteiger partial charge in [0, 0.05) is 12.6 Å². The van der Waals surface area contributed by atoms with Crippen LogP contribution in [0, 0.1) is 11.6 Å². The summed E-state index contributed by atoms with van der Waals surface area (Å²) in [7, 11) is 0. The lowest BCUT2D eigenvalue weighted by atomic mass is 10.0. The van der Waals surface area contributed by atoms with E-state index in [1.165, 1.54) is 12.1 Å². The normalized spacial score (nSPS) is 11.2. The van der Waals surface area contributed by atoms with Crippen molar-refractivity contribution in [2.45, 2.75) is 26.4 Å². The summed E-state index contributed by atoms with van der Waals surface area (Å²) in [5.41, 5.74) is 2.79. The average Bonchev–Trinajstić information content (AvgIpc) is 2.78. The van der Waals surface area contributed by atoms with Crippen molar-refractivity contribution in [2.24, 2.45) is 0 Å². The van der Waals surface area contributed by atoms with Gasteiger partial charge in [0.2, 0.25) is 0 Å². The zero-order valence-electron chi connectivity index (χ0n) is 10.3. The summed E-state index contributed by atoms with van der Waals surface area (Å²) in [5, 5.41) is 7.32. The van der Waals surface area contributed by atoms with Crippen molar-refractivity contribution in [3.05, 3.63) is 46.2 Å². The van der Waals surface area contributed by atoms with Crippen LogP contribution in [0.25, 0.3) is 11.1 Å². The first-order valence-electron chi connectivity index (χ1n) is 5.82. The van der Waals surface area contributed by atoms with E-state index in [-0.39, 0.29) is 0 Å². The maximum Gasteiger partial charge on any atom is 0.159 e. The molecule has 0 saturated heterocycles. The fourth-order valence-electron chi connectivity index (χ4n) is 1.69. The highest BCUT2D eigenvalue weighted by Crippen LogP contribution is 2.28. The number of rotatable bonds is 4. The van der Waals surface area contributed by atoms with Gasteiger partial charge in [-0.15, -0.1) is 0 Å². The number of nitrogens with one attached hydrogen (secondary N) is 1. The fourth-order valence-corrected chi connectivity index (χ4v) is 2.56. The molecule has 0 radical (unpaired) electrons. The molecule has 0 saturated carbocycles. The summed E-state index contributed by atoms with van der Waals surface area (Å²) in [6, 6.07) is 4.42. The van der Waals surface area contributed by atoms with Crippen LogP contribution in [0.3, 0.4) is 0 Å². The monoisotopic (exact) mass is 267 g/mol. The number of halogens is 2. The third-order valence-electron chi connectivity index (χ3n) is 2.67. The van der Waals surface area contributed by atoms with Crippen molar-refractivity contribution >= 4 is 11.3 Å². The SMILES string of the molecule is CC(C)NCc1cscc1-c1ccc(F)c(F)c1. The molecule has 0 bridgehead atoms. The summed E-state index contributed by atoms with van der Waals surface area (Å²) in [6.45, 7) is 4.88. The Balaban J connectivity index is 2.27. The molecular formula is C14H15F2NS. The van der Waals surface area contributed by atoms with E-state index in [1.807, 2.05) is 10.8 Å². The molecule has 1 heterocycles. The van der Waals surface area contributed by atoms with Crippen molar-refractivity contribution in [2.75, 3.05) is 0 Å². The first-order chi connectivity index (χ1) is 8.58. The van der Waals surface area contributed by atoms with Crippen molar-refractivity contribution < 1.29 is 8.78 Å². The summed E-state index contributed by atoms with van der Waals surface area (Å²) < 4.78 is 26.1. The van der Waals surface area contributed by atoms with Gasteiger partial charge in [0.15, 0.2) is 11.6 Å². The lowest BCUT2D eigenvalue weighted by Gasteiger charge is -2.09. The molecule has 0 atom stereocenters. The van der Waals surface area contributed by atoms with Gasteiger partial charge in [-0.3, -0.25) is 0 Å². The van der Waals surface area contributed by atoms with Crippen LogP contribution in [-0.4, -0.2) is 6.04 Å². The van der Waals surface area contributed by atoms with E-state index in [2.05, 4.69) is 19.2 Å². The number of thiophene rings is 1. The van der Waals surface area contributed by atoms with Crippen LogP contribution in [0.15, 0.2) is 29.0 Å². The Labute approximate surface area is 109 Å². The van der Waals surface area contributed by atoms with E-state index in [0.717, 1.165) is 23.2 Å². The van der Waals surface area contributed by atoms with E-state index in [0.29, 0.717) is 6.04 Å². The highest BCUT2D eigenvalue weighted by molar-refractivity contribution is 7.08. The molecule has 0 aliphatic carbocycles. The van der Waals surface area contributed by atoms with Crippen LogP contribution in [-0.2, 0) is 6.54 Å². The summed E-state index contributed by atoms with van der Waals surface area (Å²) in [6.07, 6.45) is 0. The van der Waals surface area contributed by atoms with E-state index in [1.54, 1.807) is 17.4 Å². The maximum absolute atomic E-state index is 13.2. The lowest BCUT2D eigenvalue weighted by Crippen LogP contribution is -2.21. The Kier molecular flexibility index (Phi) is 4.09. The molecule has 2 rings (SSSR count). The Hall–Kier alpha value is -1.26. The molecule has 1 nitrogen and oxygen atoms in total. The third-order valence-corrected chi connectivity index (χ3v) is 3.47. The zero-order valence-corrected chi connectivity index (χ0v) is 11.2. The van der Waals surface area contributed by atoms with Gasteiger partial charge in [-0.25, -0.2) is 8.78 Å². The molecule has 0 unspecified atom stereocenters. The molecule has 1 N–H and O–H groups in total. The zero-order chi connectivity index (χ0) is 13.1. The number of benzene rings is 1. The Morgan fingerprint density at radius 3 is 2.61 bits per heavy atom. The van der Waals surface area contributed by atoms with E-state index >= 15 is 0 Å². The fraction of sp³-hybridized carbons (Fsp3) is 0.286. The molecule has 18 heavy (non-hydrogen) atoms. The smallest absolute Gasteiger partial charge is 0.159 e. The van der Waals surface area contributed by atoms with Gasteiger partial charge in [-0.2, -0.15) is 11.3 Å². The third kappa shape index (κ3) is 2.94. The van der Waals surface area contributed by atoms with Crippen LogP contribution in [0.1, 0.15) is 19.4 Å². The van der Waals surface area contributed by atoms with Gasteiger partial charge in [0.25, 0.3) is 0 Å². The van der Waals surface area contributed by atoms with Gasteiger partial charge >= 0.3 is 0 Å². The number of hydrogen-bond acceptors (Lipinski definition) is 2. The van der Waals surface area contributed by atoms with Crippen LogP contribution < -0.4 is 5.32 Å². The lowest BCUT2D eigenvalue weighted by molar-refractivity contribution is 0.509. The topological polar surface area (TPSA) is 12.0 Å². The Morgan fingerprint density at radius 2 is 1.94 bits per heavy atom. The molecule has 0 aliphatic heterocycles. The molecule has 0 fully saturated rings. The molecule has 0 amide bonds. The van der Waals surface area contributed by atoms with Gasteiger partial charge in [0.05, 0.1) is 0 Å². The van der Waals surface area contributed by atoms with Crippen molar-refractivity contribution in [1.29, 1.82) is 0 Å². The van der Waals surface area contributed by atoms with Crippen LogP contribution in [0.4, 0.5) is 8.78 Å². The van der Waals surface area contributed by atoms with Crippen LogP contribution in [0.5, 0.6) is 0 Å². The van der Waals surface area contributed by atoms with E-state index in [4.69, 9.17) is 0 Å². The highest BCUT2D eigenvalue weighted by Gasteiger charge is 2.09. The van der Waals surface area contributed by atoms with Gasteiger partial charge in [0.1, 0.15) is 0 Å². The van der Waals surface area contributed by atoms with Crippen LogP contribution >= 0.6 is 11.3 Å². The first kappa shape index (κ1) is 13.2. The standard InChI is InChI=1S/C14H15F2NS/c1-9(2)17-6-11-7-18-8-12(11)10-3-4-13(15)14(16)5-10/h3-5,7-9,17H,6H2,1-2H3. The molecule has 4 heteroatoms. The Morgan fingerprint density at radius 1 is 1.17 bits per heavy atom. The predicted octanol–water partition coefficient (Wildman–Crippen LogP) is 4.19. The first-order valence-corrected chi connectivity index (χ1v) is 6.76. The van der Waals surface area contributed by atoms with Gasteiger partial charge in [-0.1, -0.05) is 19.9 Å². The second-order valence-electron chi connectivity index (χ2n) is 4.48. The largest absolute Gasteiger partial charge is 0.310 e. The van der Waals surface area contributed by atoms with Crippen molar-refractivity contribution in [3.8, 4) is 11.1 Å². The molecule has 2 aromatic rings. The second-order valence-corrected chi connectivity index (χ2v) is 5.22. The molecular weight excluding hydrogens is 252 g/mol. The summed E-state index contributed by atoms with van der Waals surface area (Å²) in [5.74, 6) is -1.61. The van der Waals surface area contributed by atoms with Crippen molar-refractivity contribution in [3.63, 3.8) is 0 Å². The average molecular weight is 267 g/mol. The summed E-state index contributed by atoms with van der Waals surface area (Å²) >= 11 is 1.57. The highest BCUT2D eigenvalue weighted by atomic mass is 32.1. The second kappa shape index (κ2) is 5.59. The molecule has 0 spiro atoms. The minimum atomic E-state index is -0.809.